The van der Waals surface area contributed by atoms with Crippen LogP contribution in [-0.2, 0) is 6.18 Å². The predicted molar refractivity (Wildman–Crippen MR) is 100 cm³/mol. The number of halogens is 6. The molecule has 0 spiro atoms. The molecule has 0 aliphatic carbocycles. The van der Waals surface area contributed by atoms with Gasteiger partial charge in [-0.15, -0.1) is 20.1 Å². The quantitative estimate of drug-likeness (QED) is 0.644. The van der Waals surface area contributed by atoms with Crippen LogP contribution in [0.5, 0.6) is 11.5 Å². The second kappa shape index (κ2) is 7.34. The topological polar surface area (TPSA) is 84.8 Å². The van der Waals surface area contributed by atoms with Gasteiger partial charge in [-0.2, -0.15) is 13.2 Å². The molecule has 14 heteroatoms. The lowest BCUT2D eigenvalue weighted by Gasteiger charge is -2.19. The molecule has 2 aliphatic heterocycles. The van der Waals surface area contributed by atoms with Gasteiger partial charge in [0.15, 0.2) is 17.2 Å². The zero-order valence-electron chi connectivity index (χ0n) is 15.2. The lowest BCUT2D eigenvalue weighted by atomic mass is 10.1. The van der Waals surface area contributed by atoms with E-state index in [4.69, 9.17) is 11.6 Å². The van der Waals surface area contributed by atoms with Gasteiger partial charge in [-0.05, 0) is 13.0 Å². The van der Waals surface area contributed by atoms with Crippen molar-refractivity contribution < 1.29 is 36.2 Å². The summed E-state index contributed by atoms with van der Waals surface area (Å²) in [5.41, 5.74) is -0.824. The van der Waals surface area contributed by atoms with Gasteiger partial charge < -0.3 is 20.1 Å². The Balaban J connectivity index is 1.48. The van der Waals surface area contributed by atoms with Crippen LogP contribution in [0.25, 0.3) is 5.70 Å². The van der Waals surface area contributed by atoms with Crippen molar-refractivity contribution >= 4 is 40.8 Å². The highest BCUT2D eigenvalue weighted by Crippen LogP contribution is 2.45. The minimum atomic E-state index is -4.77. The first-order valence-corrected chi connectivity index (χ1v) is 9.58. The molecule has 0 radical (unpaired) electrons. The smallest absolute Gasteiger partial charge is 0.395 e. The van der Waals surface area contributed by atoms with Crippen LogP contribution in [0.3, 0.4) is 0 Å². The number of nitrogens with one attached hydrogen (secondary N) is 2. The molecule has 4 rings (SSSR count). The highest BCUT2D eigenvalue weighted by Gasteiger charge is 2.44. The molecule has 1 aromatic carbocycles. The number of aliphatic imine (C=N–C) groups is 1. The molecule has 1 unspecified atom stereocenters. The van der Waals surface area contributed by atoms with Gasteiger partial charge in [0.25, 0.3) is 5.91 Å². The van der Waals surface area contributed by atoms with E-state index in [1.54, 1.807) is 0 Å². The van der Waals surface area contributed by atoms with E-state index < -0.39 is 35.1 Å². The molecule has 7 nitrogen and oxygen atoms in total. The Morgan fingerprint density at radius 2 is 1.97 bits per heavy atom. The molecule has 0 bridgehead atoms. The lowest BCUT2D eigenvalue weighted by molar-refractivity contribution is -0.286. The van der Waals surface area contributed by atoms with Gasteiger partial charge in [0.05, 0.1) is 15.7 Å². The second-order valence-corrected chi connectivity index (χ2v) is 7.89. The Labute approximate surface area is 179 Å². The van der Waals surface area contributed by atoms with Crippen LogP contribution in [0.15, 0.2) is 23.3 Å². The highest BCUT2D eigenvalue weighted by molar-refractivity contribution is 7.13. The van der Waals surface area contributed by atoms with Crippen molar-refractivity contribution in [3.05, 3.63) is 44.5 Å². The first-order chi connectivity index (χ1) is 14.4. The van der Waals surface area contributed by atoms with E-state index in [-0.39, 0.29) is 32.8 Å². The average molecular weight is 481 g/mol. The first kappa shape index (κ1) is 21.3. The molecule has 31 heavy (non-hydrogen) atoms. The summed E-state index contributed by atoms with van der Waals surface area (Å²) in [6, 6.07) is 2.35. The van der Waals surface area contributed by atoms with Crippen LogP contribution >= 0.6 is 22.9 Å². The van der Waals surface area contributed by atoms with Crippen LogP contribution in [0.2, 0.25) is 5.02 Å². The minimum Gasteiger partial charge on any atom is -0.395 e. The van der Waals surface area contributed by atoms with Gasteiger partial charge in [0, 0.05) is 24.0 Å². The van der Waals surface area contributed by atoms with Crippen LogP contribution in [0.1, 0.15) is 25.9 Å². The van der Waals surface area contributed by atoms with Crippen LogP contribution in [0.4, 0.5) is 22.0 Å². The molecule has 0 saturated carbocycles. The standard InChI is InChI=1S/C17H10ClF5N4O3S/c1-6-26-14(16(19,20)21)13(31-6)15(28)27-12-5-24-9(4-25-12)7-2-10-11(3-8(7)18)30-17(22,23)29-10/h2-5,12,25H,1H3,(H,27,28). The largest absolute Gasteiger partial charge is 0.586 e. The number of carbonyl (C=O) groups excluding carboxylic acids is 1. The molecule has 0 saturated heterocycles. The number of amides is 1. The Morgan fingerprint density at radius 3 is 2.58 bits per heavy atom. The third-order valence-corrected chi connectivity index (χ3v) is 5.31. The number of carbonyl (C=O) groups is 1. The number of aromatic nitrogens is 1. The second-order valence-electron chi connectivity index (χ2n) is 6.28. The predicted octanol–water partition coefficient (Wildman–Crippen LogP) is 4.17. The molecule has 2 aliphatic rings. The minimum absolute atomic E-state index is 0.0442. The van der Waals surface area contributed by atoms with Crippen LogP contribution in [0, 0.1) is 6.92 Å². The Hall–Kier alpha value is -2.93. The molecular weight excluding hydrogens is 471 g/mol. The summed E-state index contributed by atoms with van der Waals surface area (Å²) in [5.74, 6) is -1.46. The van der Waals surface area contributed by atoms with Crippen molar-refractivity contribution in [3.8, 4) is 11.5 Å². The number of thiazole rings is 1. The fraction of sp³-hybridized carbons (Fsp3) is 0.235. The van der Waals surface area contributed by atoms with Crippen molar-refractivity contribution in [2.75, 3.05) is 0 Å². The third-order valence-electron chi connectivity index (χ3n) is 4.02. The van der Waals surface area contributed by atoms with E-state index in [2.05, 4.69) is 30.1 Å². The Bertz CT molecular complexity index is 1130. The number of benzene rings is 1. The summed E-state index contributed by atoms with van der Waals surface area (Å²) >= 11 is 6.71. The third kappa shape index (κ3) is 4.28. The van der Waals surface area contributed by atoms with Crippen LogP contribution < -0.4 is 20.1 Å². The zero-order valence-corrected chi connectivity index (χ0v) is 16.8. The molecule has 2 N–H and O–H groups in total. The number of ether oxygens (including phenoxy) is 2. The molecule has 1 atom stereocenters. The number of fused-ring (bicyclic) bond motifs is 1. The summed E-state index contributed by atoms with van der Waals surface area (Å²) in [6.45, 7) is 1.36. The van der Waals surface area contributed by atoms with Gasteiger partial charge >= 0.3 is 12.5 Å². The van der Waals surface area contributed by atoms with E-state index in [1.807, 2.05) is 0 Å². The highest BCUT2D eigenvalue weighted by atomic mass is 35.5. The number of aryl methyl sites for hydroxylation is 1. The maximum atomic E-state index is 13.2. The fourth-order valence-electron chi connectivity index (χ4n) is 2.78. The summed E-state index contributed by atoms with van der Waals surface area (Å²) in [7, 11) is 0. The monoisotopic (exact) mass is 480 g/mol. The zero-order chi connectivity index (χ0) is 22.6. The average Bonchev–Trinajstić information content (AvgIpc) is 3.20. The van der Waals surface area contributed by atoms with Gasteiger partial charge in [-0.1, -0.05) is 11.6 Å². The van der Waals surface area contributed by atoms with Crippen LogP contribution in [-0.4, -0.2) is 29.6 Å². The van der Waals surface area contributed by atoms with E-state index in [0.717, 1.165) is 6.07 Å². The normalized spacial score (nSPS) is 19.1. The molecule has 3 heterocycles. The lowest BCUT2D eigenvalue weighted by Crippen LogP contribution is -2.45. The molecule has 0 fully saturated rings. The SMILES string of the molecule is Cc1nc(C(F)(F)F)c(C(=O)NC2C=NC(c3cc4c(cc3Cl)OC(F)(F)O4)=CN2)s1. The van der Waals surface area contributed by atoms with E-state index in [9.17, 15) is 26.7 Å². The number of rotatable bonds is 3. The van der Waals surface area contributed by atoms with Gasteiger partial charge in [-0.25, -0.2) is 4.98 Å². The van der Waals surface area contributed by atoms with Crippen molar-refractivity contribution in [3.63, 3.8) is 0 Å². The van der Waals surface area contributed by atoms with Crippen molar-refractivity contribution in [1.82, 2.24) is 15.6 Å². The first-order valence-electron chi connectivity index (χ1n) is 8.38. The summed E-state index contributed by atoms with van der Waals surface area (Å²) in [5, 5.41) is 5.21. The van der Waals surface area contributed by atoms with E-state index >= 15 is 0 Å². The van der Waals surface area contributed by atoms with Crippen molar-refractivity contribution in [1.29, 1.82) is 0 Å². The van der Waals surface area contributed by atoms with E-state index in [1.165, 1.54) is 25.4 Å². The summed E-state index contributed by atoms with van der Waals surface area (Å²) in [4.78, 5) is 19.2. The molecule has 1 aromatic heterocycles. The van der Waals surface area contributed by atoms with Gasteiger partial charge in [0.2, 0.25) is 0 Å². The fourth-order valence-corrected chi connectivity index (χ4v) is 3.87. The molecule has 1 amide bonds. The Kier molecular flexibility index (Phi) is 5.04. The maximum Gasteiger partial charge on any atom is 0.586 e. The summed E-state index contributed by atoms with van der Waals surface area (Å²) < 4.78 is 74.3. The number of hydrogen-bond acceptors (Lipinski definition) is 7. The molecule has 2 aromatic rings. The summed E-state index contributed by atoms with van der Waals surface area (Å²) in [6.07, 6.45) is -6.99. The van der Waals surface area contributed by atoms with Crippen molar-refractivity contribution in [2.45, 2.75) is 25.6 Å². The van der Waals surface area contributed by atoms with Gasteiger partial charge in [-0.3, -0.25) is 9.79 Å². The molecule has 164 valence electrons. The maximum absolute atomic E-state index is 13.2. The number of nitrogens with zero attached hydrogens (tertiary/aromatic N) is 2. The number of alkyl halides is 5. The van der Waals surface area contributed by atoms with Gasteiger partial charge in [0.1, 0.15) is 11.0 Å². The molecular formula is C17H10ClF5N4O3S. The van der Waals surface area contributed by atoms with E-state index in [0.29, 0.717) is 11.3 Å². The Morgan fingerprint density at radius 1 is 1.29 bits per heavy atom. The van der Waals surface area contributed by atoms with Crippen molar-refractivity contribution in [2.24, 2.45) is 4.99 Å². The number of hydrogen-bond donors (Lipinski definition) is 2.